The molecule has 3 aromatic carbocycles. The predicted molar refractivity (Wildman–Crippen MR) is 271 cm³/mol. The van der Waals surface area contributed by atoms with E-state index < -0.39 is 7.82 Å². The van der Waals surface area contributed by atoms with Crippen LogP contribution in [0.25, 0.3) is 0 Å². The Balaban J connectivity index is 2.53. The Morgan fingerprint density at radius 3 is 0.726 bits per heavy atom. The average molecular weight is 873 g/mol. The van der Waals surface area contributed by atoms with Crippen LogP contribution in [0.2, 0.25) is 0 Å². The summed E-state index contributed by atoms with van der Waals surface area (Å²) >= 11 is 0. The number of aryl methyl sites for hydroxylation is 3. The predicted octanol–water partition coefficient (Wildman–Crippen LogP) is 18.3. The quantitative estimate of drug-likeness (QED) is 0.0572. The van der Waals surface area contributed by atoms with Crippen LogP contribution in [-0.2, 0) is 62.4 Å². The van der Waals surface area contributed by atoms with Crippen molar-refractivity contribution in [2.45, 2.75) is 256 Å². The van der Waals surface area contributed by atoms with E-state index in [1.807, 2.05) is 0 Å². The molecule has 0 saturated heterocycles. The topological polar surface area (TPSA) is 44.8 Å². The molecule has 0 aliphatic heterocycles. The zero-order chi connectivity index (χ0) is 45.5. The van der Waals surface area contributed by atoms with Crippen molar-refractivity contribution in [2.75, 3.05) is 0 Å². The molecular formula is C57H93O4P. The summed E-state index contributed by atoms with van der Waals surface area (Å²) in [7, 11) is -4.38. The molecule has 5 heteroatoms. The normalized spacial score (nSPS) is 11.7. The molecule has 3 rings (SSSR count). The molecule has 0 fully saturated rings. The van der Waals surface area contributed by atoms with Crippen LogP contribution in [0, 0.1) is 20.8 Å². The van der Waals surface area contributed by atoms with Crippen LogP contribution in [0.1, 0.15) is 245 Å². The van der Waals surface area contributed by atoms with E-state index in [2.05, 4.69) is 101 Å². The van der Waals surface area contributed by atoms with Gasteiger partial charge in [-0.25, -0.2) is 0 Å². The SMILES string of the molecule is CCCCc1cc(OP(=O)(Oc2cc(CCCC)c(C)c(CCCC)c2CCCC)Oc2cc(CCCC)c(C)c(CCCC)c2CCCC)c(CCCC)c(CCCC)c1C. The molecule has 0 atom stereocenters. The summed E-state index contributed by atoms with van der Waals surface area (Å²) in [6.45, 7) is 27.3. The molecule has 3 aromatic rings. The lowest BCUT2D eigenvalue weighted by atomic mass is 9.88. The van der Waals surface area contributed by atoms with Crippen LogP contribution in [-0.4, -0.2) is 0 Å². The summed E-state index contributed by atoms with van der Waals surface area (Å²) in [5.41, 5.74) is 15.7. The average Bonchev–Trinajstić information content (AvgIpc) is 3.26. The molecule has 4 nitrogen and oxygen atoms in total. The van der Waals surface area contributed by atoms with E-state index in [0.29, 0.717) is 17.2 Å². The lowest BCUT2D eigenvalue weighted by Gasteiger charge is -2.28. The molecule has 62 heavy (non-hydrogen) atoms. The van der Waals surface area contributed by atoms with Gasteiger partial charge in [-0.2, -0.15) is 4.57 Å². The molecule has 0 radical (unpaired) electrons. The number of phosphoric ester groups is 1. The summed E-state index contributed by atoms with van der Waals surface area (Å²) < 4.78 is 38.2. The van der Waals surface area contributed by atoms with Gasteiger partial charge in [-0.1, -0.05) is 120 Å². The molecule has 0 aliphatic rings. The van der Waals surface area contributed by atoms with Crippen LogP contribution in [0.5, 0.6) is 17.2 Å². The van der Waals surface area contributed by atoms with Gasteiger partial charge < -0.3 is 13.6 Å². The lowest BCUT2D eigenvalue weighted by molar-refractivity contribution is 0.294. The van der Waals surface area contributed by atoms with Gasteiger partial charge in [0.2, 0.25) is 0 Å². The number of benzene rings is 3. The van der Waals surface area contributed by atoms with E-state index in [9.17, 15) is 0 Å². The number of unbranched alkanes of at least 4 members (excludes halogenated alkanes) is 9. The summed E-state index contributed by atoms with van der Waals surface area (Å²) in [6, 6.07) is 6.68. The maximum absolute atomic E-state index is 16.5. The molecule has 0 unspecified atom stereocenters. The van der Waals surface area contributed by atoms with E-state index in [-0.39, 0.29) is 0 Å². The second-order valence-corrected chi connectivity index (χ2v) is 19.9. The Hall–Kier alpha value is -2.71. The minimum Gasteiger partial charge on any atom is -0.386 e. The summed E-state index contributed by atoms with van der Waals surface area (Å²) in [5, 5.41) is 0. The fraction of sp³-hybridized carbons (Fsp3) is 0.684. The maximum atomic E-state index is 16.5. The van der Waals surface area contributed by atoms with Gasteiger partial charge in [0.25, 0.3) is 0 Å². The second-order valence-electron chi connectivity index (χ2n) is 18.5. The van der Waals surface area contributed by atoms with Crippen molar-refractivity contribution in [1.29, 1.82) is 0 Å². The molecular weight excluding hydrogens is 780 g/mol. The summed E-state index contributed by atoms with van der Waals surface area (Å²) in [4.78, 5) is 0. The Labute approximate surface area is 383 Å². The maximum Gasteiger partial charge on any atom is 0.647 e. The van der Waals surface area contributed by atoms with Crippen molar-refractivity contribution in [1.82, 2.24) is 0 Å². The van der Waals surface area contributed by atoms with Crippen LogP contribution in [0.3, 0.4) is 0 Å². The number of hydrogen-bond acceptors (Lipinski definition) is 4. The third-order valence-corrected chi connectivity index (χ3v) is 14.7. The molecule has 0 saturated carbocycles. The molecule has 0 aromatic heterocycles. The number of phosphoric acid groups is 1. The van der Waals surface area contributed by atoms with Gasteiger partial charge in [0.15, 0.2) is 0 Å². The highest BCUT2D eigenvalue weighted by atomic mass is 31.2. The van der Waals surface area contributed by atoms with Crippen LogP contribution >= 0.6 is 7.82 Å². The molecule has 0 spiro atoms. The molecule has 0 amide bonds. The third kappa shape index (κ3) is 15.5. The van der Waals surface area contributed by atoms with Crippen molar-refractivity contribution in [3.63, 3.8) is 0 Å². The highest BCUT2D eigenvalue weighted by Crippen LogP contribution is 2.54. The highest BCUT2D eigenvalue weighted by Gasteiger charge is 2.38. The van der Waals surface area contributed by atoms with E-state index in [1.54, 1.807) is 0 Å². The zero-order valence-electron chi connectivity index (χ0n) is 42.4. The molecule has 350 valence electrons. The first-order valence-corrected chi connectivity index (χ1v) is 27.6. The van der Waals surface area contributed by atoms with Crippen molar-refractivity contribution >= 4 is 7.82 Å². The monoisotopic (exact) mass is 873 g/mol. The highest BCUT2D eigenvalue weighted by molar-refractivity contribution is 7.49. The number of rotatable bonds is 33. The van der Waals surface area contributed by atoms with Gasteiger partial charge in [0.1, 0.15) is 17.2 Å². The zero-order valence-corrected chi connectivity index (χ0v) is 43.3. The standard InChI is InChI=1S/C57H93O4P/c1-13-22-31-46-40-55(52(37-28-19-7)49(43(46)10)34-25-16-4)59-62(58,60-56-41-47(32-23-14-2)44(11)50(35-26-17-5)53(56)38-29-20-8)61-57-42-48(33-24-15-3)45(12)51(36-27-18-6)54(57)39-30-21-9/h40-42H,13-39H2,1-12H3. The van der Waals surface area contributed by atoms with Gasteiger partial charge in [-0.3, -0.25) is 0 Å². The molecule has 0 aliphatic carbocycles. The fourth-order valence-electron chi connectivity index (χ4n) is 9.27. The van der Waals surface area contributed by atoms with Gasteiger partial charge in [0, 0.05) is 0 Å². The summed E-state index contributed by atoms with van der Waals surface area (Å²) in [6.07, 6.45) is 28.2. The van der Waals surface area contributed by atoms with E-state index in [4.69, 9.17) is 13.6 Å². The van der Waals surface area contributed by atoms with Crippen LogP contribution < -0.4 is 13.6 Å². The van der Waals surface area contributed by atoms with Crippen LogP contribution in [0.15, 0.2) is 18.2 Å². The van der Waals surface area contributed by atoms with Crippen molar-refractivity contribution < 1.29 is 18.1 Å². The van der Waals surface area contributed by atoms with Crippen molar-refractivity contribution in [3.05, 3.63) is 85.0 Å². The van der Waals surface area contributed by atoms with E-state index >= 15 is 4.57 Å². The second kappa shape index (κ2) is 29.0. The van der Waals surface area contributed by atoms with Crippen molar-refractivity contribution in [2.24, 2.45) is 0 Å². The van der Waals surface area contributed by atoms with Gasteiger partial charge in [-0.05, 0) is 221 Å². The first-order valence-electron chi connectivity index (χ1n) is 26.1. The van der Waals surface area contributed by atoms with Gasteiger partial charge in [0.05, 0.1) is 0 Å². The summed E-state index contributed by atoms with van der Waals surface area (Å²) in [5.74, 6) is 2.09. The molecule has 0 heterocycles. The fourth-order valence-corrected chi connectivity index (χ4v) is 10.6. The Morgan fingerprint density at radius 2 is 0.516 bits per heavy atom. The lowest BCUT2D eigenvalue weighted by Crippen LogP contribution is -2.15. The Kier molecular flexibility index (Phi) is 25.0. The smallest absolute Gasteiger partial charge is 0.386 e. The van der Waals surface area contributed by atoms with Crippen molar-refractivity contribution in [3.8, 4) is 17.2 Å². The molecule has 0 bridgehead atoms. The Morgan fingerprint density at radius 1 is 0.323 bits per heavy atom. The third-order valence-electron chi connectivity index (χ3n) is 13.4. The van der Waals surface area contributed by atoms with Gasteiger partial charge in [-0.15, -0.1) is 0 Å². The van der Waals surface area contributed by atoms with Crippen LogP contribution in [0.4, 0.5) is 0 Å². The van der Waals surface area contributed by atoms with Gasteiger partial charge >= 0.3 is 7.82 Å². The first-order chi connectivity index (χ1) is 30.0. The Bertz CT molecular complexity index is 1610. The minimum atomic E-state index is -4.38. The van der Waals surface area contributed by atoms with E-state index in [0.717, 1.165) is 173 Å². The first kappa shape index (κ1) is 53.6. The van der Waals surface area contributed by atoms with E-state index in [1.165, 1.54) is 66.8 Å². The minimum absolute atomic E-state index is 0.698. The molecule has 0 N–H and O–H groups in total. The number of hydrogen-bond donors (Lipinski definition) is 0. The largest absolute Gasteiger partial charge is 0.647 e.